The summed E-state index contributed by atoms with van der Waals surface area (Å²) in [6.07, 6.45) is 8.54. The van der Waals surface area contributed by atoms with Crippen LogP contribution in [-0.4, -0.2) is 21.3 Å². The quantitative estimate of drug-likeness (QED) is 0.703. The van der Waals surface area contributed by atoms with Gasteiger partial charge in [-0.05, 0) is 19.3 Å². The van der Waals surface area contributed by atoms with Gasteiger partial charge in [0.25, 0.3) is 0 Å². The molecule has 1 heterocycles. The lowest BCUT2D eigenvalue weighted by molar-refractivity contribution is 0.0695. The average Bonchev–Trinajstić information content (AvgIpc) is 2.67. The molecule has 0 saturated heterocycles. The van der Waals surface area contributed by atoms with Crippen LogP contribution in [0.25, 0.3) is 0 Å². The number of hydrogen-bond donors (Lipinski definition) is 2. The molecule has 4 nitrogen and oxygen atoms in total. The molecular formula is C10H12N2O2. The molecule has 0 radical (unpaired) electrons. The topological polar surface area (TPSA) is 66.0 Å². The molecule has 1 aromatic heterocycles. The minimum absolute atomic E-state index is 0.286. The number of carboxylic acid groups (broad SMARTS) is 1. The normalized spacial score (nSPS) is 21.0. The van der Waals surface area contributed by atoms with Gasteiger partial charge in [-0.3, -0.25) is 5.10 Å². The van der Waals surface area contributed by atoms with E-state index in [0.717, 1.165) is 25.0 Å². The third-order valence-corrected chi connectivity index (χ3v) is 2.58. The Morgan fingerprint density at radius 3 is 3.07 bits per heavy atom. The number of aromatic carboxylic acids is 1. The molecule has 0 bridgehead atoms. The van der Waals surface area contributed by atoms with E-state index in [9.17, 15) is 4.79 Å². The molecular weight excluding hydrogens is 180 g/mol. The first-order valence-electron chi connectivity index (χ1n) is 4.70. The Morgan fingerprint density at radius 1 is 1.57 bits per heavy atom. The standard InChI is InChI=1S/C10H12N2O2/c13-10(14)8-6-11-12-9(8)7-4-2-1-3-5-7/h1-2,6-7H,3-5H2,(H,11,12)(H,13,14). The Balaban J connectivity index is 2.26. The first-order chi connectivity index (χ1) is 6.79. The molecule has 2 N–H and O–H groups in total. The van der Waals surface area contributed by atoms with Crippen LogP contribution in [0.1, 0.15) is 41.2 Å². The zero-order chi connectivity index (χ0) is 9.97. The van der Waals surface area contributed by atoms with Crippen LogP contribution in [0.5, 0.6) is 0 Å². The summed E-state index contributed by atoms with van der Waals surface area (Å²) in [5.74, 6) is -0.614. The van der Waals surface area contributed by atoms with Crippen molar-refractivity contribution in [1.29, 1.82) is 0 Å². The molecule has 2 rings (SSSR count). The number of allylic oxidation sites excluding steroid dienone is 2. The first kappa shape index (κ1) is 8.99. The lowest BCUT2D eigenvalue weighted by atomic mass is 9.90. The van der Waals surface area contributed by atoms with Crippen molar-refractivity contribution >= 4 is 5.97 Å². The van der Waals surface area contributed by atoms with Gasteiger partial charge in [0, 0.05) is 5.92 Å². The van der Waals surface area contributed by atoms with Gasteiger partial charge in [-0.2, -0.15) is 5.10 Å². The van der Waals surface area contributed by atoms with Crippen LogP contribution in [0.2, 0.25) is 0 Å². The van der Waals surface area contributed by atoms with E-state index in [0.29, 0.717) is 5.56 Å². The number of nitrogens with zero attached hydrogens (tertiary/aromatic N) is 1. The highest BCUT2D eigenvalue weighted by Gasteiger charge is 2.21. The molecule has 0 aromatic carbocycles. The van der Waals surface area contributed by atoms with Crippen molar-refractivity contribution in [1.82, 2.24) is 10.2 Å². The van der Waals surface area contributed by atoms with E-state index in [1.807, 2.05) is 0 Å². The minimum Gasteiger partial charge on any atom is -0.478 e. The van der Waals surface area contributed by atoms with Crippen LogP contribution in [-0.2, 0) is 0 Å². The molecule has 4 heteroatoms. The van der Waals surface area contributed by atoms with Crippen molar-refractivity contribution in [3.05, 3.63) is 29.6 Å². The molecule has 1 atom stereocenters. The third kappa shape index (κ3) is 1.55. The molecule has 1 aliphatic rings. The second kappa shape index (κ2) is 3.65. The molecule has 1 aliphatic carbocycles. The van der Waals surface area contributed by atoms with Gasteiger partial charge in [0.2, 0.25) is 0 Å². The molecule has 0 aliphatic heterocycles. The van der Waals surface area contributed by atoms with Crippen molar-refractivity contribution in [2.24, 2.45) is 0 Å². The van der Waals surface area contributed by atoms with Crippen LogP contribution in [0.15, 0.2) is 18.3 Å². The maximum atomic E-state index is 10.8. The van der Waals surface area contributed by atoms with Crippen molar-refractivity contribution in [2.75, 3.05) is 0 Å². The Labute approximate surface area is 81.6 Å². The summed E-state index contributed by atoms with van der Waals surface area (Å²) in [7, 11) is 0. The largest absolute Gasteiger partial charge is 0.478 e. The van der Waals surface area contributed by atoms with E-state index >= 15 is 0 Å². The summed E-state index contributed by atoms with van der Waals surface area (Å²) in [6.45, 7) is 0. The van der Waals surface area contributed by atoms with Crippen molar-refractivity contribution in [3.63, 3.8) is 0 Å². The van der Waals surface area contributed by atoms with Crippen LogP contribution in [0, 0.1) is 0 Å². The average molecular weight is 192 g/mol. The van der Waals surface area contributed by atoms with E-state index < -0.39 is 5.97 Å². The highest BCUT2D eigenvalue weighted by molar-refractivity contribution is 5.88. The van der Waals surface area contributed by atoms with E-state index in [-0.39, 0.29) is 5.92 Å². The fraction of sp³-hybridized carbons (Fsp3) is 0.400. The molecule has 0 saturated carbocycles. The van der Waals surface area contributed by atoms with Gasteiger partial charge in [-0.15, -0.1) is 0 Å². The van der Waals surface area contributed by atoms with E-state index in [1.54, 1.807) is 0 Å². The zero-order valence-electron chi connectivity index (χ0n) is 7.73. The number of aromatic amines is 1. The Morgan fingerprint density at radius 2 is 2.43 bits per heavy atom. The van der Waals surface area contributed by atoms with Crippen molar-refractivity contribution in [2.45, 2.75) is 25.2 Å². The Hall–Kier alpha value is -1.58. The summed E-state index contributed by atoms with van der Waals surface area (Å²) in [6, 6.07) is 0. The van der Waals surface area contributed by atoms with Crippen LogP contribution >= 0.6 is 0 Å². The number of nitrogens with one attached hydrogen (secondary N) is 1. The van der Waals surface area contributed by atoms with E-state index in [4.69, 9.17) is 5.11 Å². The summed E-state index contributed by atoms with van der Waals surface area (Å²) < 4.78 is 0. The van der Waals surface area contributed by atoms with Gasteiger partial charge in [0.05, 0.1) is 11.9 Å². The first-order valence-corrected chi connectivity index (χ1v) is 4.70. The smallest absolute Gasteiger partial charge is 0.339 e. The van der Waals surface area contributed by atoms with Gasteiger partial charge in [0.15, 0.2) is 0 Å². The molecule has 1 unspecified atom stereocenters. The highest BCUT2D eigenvalue weighted by atomic mass is 16.4. The third-order valence-electron chi connectivity index (χ3n) is 2.58. The lowest BCUT2D eigenvalue weighted by Gasteiger charge is -2.16. The van der Waals surface area contributed by atoms with Gasteiger partial charge in [-0.1, -0.05) is 12.2 Å². The maximum absolute atomic E-state index is 10.8. The van der Waals surface area contributed by atoms with E-state index in [2.05, 4.69) is 22.3 Å². The van der Waals surface area contributed by atoms with Crippen LogP contribution in [0.3, 0.4) is 0 Å². The molecule has 0 spiro atoms. The monoisotopic (exact) mass is 192 g/mol. The molecule has 0 fully saturated rings. The molecule has 14 heavy (non-hydrogen) atoms. The van der Waals surface area contributed by atoms with Gasteiger partial charge >= 0.3 is 5.97 Å². The number of rotatable bonds is 2. The summed E-state index contributed by atoms with van der Waals surface area (Å²) in [5, 5.41) is 15.5. The molecule has 0 amide bonds. The predicted octanol–water partition coefficient (Wildman–Crippen LogP) is 1.93. The molecule has 74 valence electrons. The van der Waals surface area contributed by atoms with Crippen LogP contribution in [0.4, 0.5) is 0 Å². The van der Waals surface area contributed by atoms with Crippen molar-refractivity contribution in [3.8, 4) is 0 Å². The lowest BCUT2D eigenvalue weighted by Crippen LogP contribution is -2.07. The highest BCUT2D eigenvalue weighted by Crippen LogP contribution is 2.29. The second-order valence-electron chi connectivity index (χ2n) is 3.48. The Bertz CT molecular complexity index is 368. The van der Waals surface area contributed by atoms with Crippen LogP contribution < -0.4 is 0 Å². The fourth-order valence-corrected chi connectivity index (χ4v) is 1.83. The zero-order valence-corrected chi connectivity index (χ0v) is 7.73. The number of aromatic nitrogens is 2. The van der Waals surface area contributed by atoms with E-state index in [1.165, 1.54) is 6.20 Å². The fourth-order valence-electron chi connectivity index (χ4n) is 1.83. The summed E-state index contributed by atoms with van der Waals surface area (Å²) in [5.41, 5.74) is 1.08. The Kier molecular flexibility index (Phi) is 2.35. The van der Waals surface area contributed by atoms with Gasteiger partial charge in [-0.25, -0.2) is 4.79 Å². The maximum Gasteiger partial charge on any atom is 0.339 e. The SMILES string of the molecule is O=C(O)c1cn[nH]c1C1CC=CCC1. The molecule has 1 aromatic rings. The van der Waals surface area contributed by atoms with Gasteiger partial charge in [0.1, 0.15) is 5.56 Å². The van der Waals surface area contributed by atoms with Crippen molar-refractivity contribution < 1.29 is 9.90 Å². The number of carboxylic acids is 1. The second-order valence-corrected chi connectivity index (χ2v) is 3.48. The summed E-state index contributed by atoms with van der Waals surface area (Å²) >= 11 is 0. The number of carbonyl (C=O) groups is 1. The summed E-state index contributed by atoms with van der Waals surface area (Å²) in [4.78, 5) is 10.8. The van der Waals surface area contributed by atoms with Gasteiger partial charge < -0.3 is 5.11 Å². The number of hydrogen-bond acceptors (Lipinski definition) is 2. The predicted molar refractivity (Wildman–Crippen MR) is 51.3 cm³/mol. The minimum atomic E-state index is -0.900. The number of H-pyrrole nitrogens is 1.